The molecule has 36 heavy (non-hydrogen) atoms. The summed E-state index contributed by atoms with van der Waals surface area (Å²) in [5.41, 5.74) is 1.44. The van der Waals surface area contributed by atoms with E-state index in [0.717, 1.165) is 55.2 Å². The van der Waals surface area contributed by atoms with Gasteiger partial charge in [0.1, 0.15) is 18.2 Å². The number of nitrogens with one attached hydrogen (secondary N) is 1. The maximum Gasteiger partial charge on any atom is 0.160 e. The van der Waals surface area contributed by atoms with Crippen LogP contribution in [0.25, 0.3) is 10.8 Å². The van der Waals surface area contributed by atoms with Crippen LogP contribution in [0.3, 0.4) is 0 Å². The van der Waals surface area contributed by atoms with Crippen molar-refractivity contribution in [3.8, 4) is 5.75 Å². The minimum absolute atomic E-state index is 0.133. The summed E-state index contributed by atoms with van der Waals surface area (Å²) in [6.07, 6.45) is 1.85. The smallest absolute Gasteiger partial charge is 0.160 e. The van der Waals surface area contributed by atoms with Crippen molar-refractivity contribution in [3.63, 3.8) is 0 Å². The Balaban J connectivity index is 1.19. The fraction of sp³-hybridized carbons (Fsp3) is 0.267. The topological polar surface area (TPSA) is 24.5 Å². The number of benzene rings is 4. The molecule has 6 heteroatoms. The average Bonchev–Trinajstić information content (AvgIpc) is 2.90. The first-order valence-corrected chi connectivity index (χ1v) is 12.4. The lowest BCUT2D eigenvalue weighted by molar-refractivity contribution is 0.147. The number of hydrogen-bond acceptors (Lipinski definition) is 3. The quantitative estimate of drug-likeness (QED) is 0.283. The summed E-state index contributed by atoms with van der Waals surface area (Å²) in [6.45, 7) is 3.25. The molecule has 3 nitrogen and oxygen atoms in total. The van der Waals surface area contributed by atoms with Gasteiger partial charge in [0.15, 0.2) is 11.6 Å². The predicted molar refractivity (Wildman–Crippen MR) is 138 cm³/mol. The van der Waals surface area contributed by atoms with E-state index in [2.05, 4.69) is 34.5 Å². The fourth-order valence-electron chi connectivity index (χ4n) is 4.97. The molecule has 1 fully saturated rings. The van der Waals surface area contributed by atoms with Gasteiger partial charge in [0.05, 0.1) is 6.04 Å². The van der Waals surface area contributed by atoms with Crippen LogP contribution in [0, 0.1) is 23.4 Å². The van der Waals surface area contributed by atoms with Gasteiger partial charge in [0.2, 0.25) is 0 Å². The van der Waals surface area contributed by atoms with E-state index in [4.69, 9.17) is 4.74 Å². The summed E-state index contributed by atoms with van der Waals surface area (Å²) < 4.78 is 46.8. The highest BCUT2D eigenvalue weighted by atomic mass is 19.2. The van der Waals surface area contributed by atoms with Crippen molar-refractivity contribution in [2.45, 2.75) is 18.9 Å². The Morgan fingerprint density at radius 3 is 2.31 bits per heavy atom. The SMILES string of the molecule is Fc1ccc(C(Nc2ccc(F)c(F)c2)C2CCN(CCOc3ccc4ccccc4c3)CC2)cc1. The van der Waals surface area contributed by atoms with Crippen LogP contribution < -0.4 is 10.1 Å². The largest absolute Gasteiger partial charge is 0.492 e. The van der Waals surface area contributed by atoms with Gasteiger partial charge in [-0.3, -0.25) is 4.90 Å². The van der Waals surface area contributed by atoms with E-state index in [1.54, 1.807) is 12.1 Å². The summed E-state index contributed by atoms with van der Waals surface area (Å²) in [5, 5.41) is 5.73. The van der Waals surface area contributed by atoms with Gasteiger partial charge in [-0.2, -0.15) is 0 Å². The molecule has 1 aliphatic rings. The number of ether oxygens (including phenoxy) is 1. The number of fused-ring (bicyclic) bond motifs is 1. The Labute approximate surface area is 209 Å². The number of halogens is 3. The molecule has 4 aromatic rings. The van der Waals surface area contributed by atoms with Crippen molar-refractivity contribution in [2.75, 3.05) is 31.6 Å². The van der Waals surface area contributed by atoms with Gasteiger partial charge in [-0.05, 0) is 84.6 Å². The molecule has 0 amide bonds. The molecule has 1 aliphatic heterocycles. The lowest BCUT2D eigenvalue weighted by atomic mass is 9.85. The molecule has 1 unspecified atom stereocenters. The third-order valence-electron chi connectivity index (χ3n) is 6.97. The highest BCUT2D eigenvalue weighted by Crippen LogP contribution is 2.34. The maximum atomic E-state index is 13.8. The van der Waals surface area contributed by atoms with E-state index in [-0.39, 0.29) is 17.8 Å². The zero-order valence-corrected chi connectivity index (χ0v) is 20.0. The molecule has 186 valence electrons. The summed E-state index contributed by atoms with van der Waals surface area (Å²) in [6, 6.07) is 24.5. The van der Waals surface area contributed by atoms with Crippen LogP contribution >= 0.6 is 0 Å². The fourth-order valence-corrected chi connectivity index (χ4v) is 4.97. The Hall–Kier alpha value is -3.51. The van der Waals surface area contributed by atoms with Crippen LogP contribution in [0.1, 0.15) is 24.4 Å². The molecule has 0 aromatic heterocycles. The molecular formula is C30H29F3N2O. The first-order chi connectivity index (χ1) is 17.5. The summed E-state index contributed by atoms with van der Waals surface area (Å²) >= 11 is 0. The van der Waals surface area contributed by atoms with E-state index < -0.39 is 11.6 Å². The lowest BCUT2D eigenvalue weighted by Crippen LogP contribution is -2.39. The van der Waals surface area contributed by atoms with Crippen molar-refractivity contribution in [2.24, 2.45) is 5.92 Å². The molecule has 4 aromatic carbocycles. The van der Waals surface area contributed by atoms with Crippen LogP contribution in [0.5, 0.6) is 5.75 Å². The second-order valence-electron chi connectivity index (χ2n) is 9.34. The Bertz CT molecular complexity index is 1300. The van der Waals surface area contributed by atoms with E-state index in [1.807, 2.05) is 18.2 Å². The molecule has 0 aliphatic carbocycles. The number of rotatable bonds is 8. The minimum Gasteiger partial charge on any atom is -0.492 e. The normalized spacial score (nSPS) is 15.6. The number of piperidine rings is 1. The van der Waals surface area contributed by atoms with Crippen molar-refractivity contribution in [1.29, 1.82) is 0 Å². The summed E-state index contributed by atoms with van der Waals surface area (Å²) in [4.78, 5) is 2.39. The Kier molecular flexibility index (Phi) is 7.42. The maximum absolute atomic E-state index is 13.8. The predicted octanol–water partition coefficient (Wildman–Crippen LogP) is 7.20. The standard InChI is InChI=1S/C30H29F3N2O/c31-25-8-5-22(6-9-25)30(34-26-10-12-28(32)29(33)20-26)23-13-15-35(16-14-23)17-18-36-27-11-7-21-3-1-2-4-24(21)19-27/h1-12,19-20,23,30,34H,13-18H2. The number of hydrogen-bond donors (Lipinski definition) is 1. The van der Waals surface area contributed by atoms with E-state index >= 15 is 0 Å². The third kappa shape index (κ3) is 5.82. The summed E-state index contributed by atoms with van der Waals surface area (Å²) in [7, 11) is 0. The minimum atomic E-state index is -0.890. The van der Waals surface area contributed by atoms with E-state index in [9.17, 15) is 13.2 Å². The van der Waals surface area contributed by atoms with Crippen LogP contribution in [-0.4, -0.2) is 31.1 Å². The van der Waals surface area contributed by atoms with E-state index in [1.165, 1.54) is 29.7 Å². The van der Waals surface area contributed by atoms with Gasteiger partial charge in [-0.25, -0.2) is 13.2 Å². The molecule has 0 radical (unpaired) electrons. The Morgan fingerprint density at radius 1 is 0.806 bits per heavy atom. The van der Waals surface area contributed by atoms with Crippen LogP contribution in [0.4, 0.5) is 18.9 Å². The van der Waals surface area contributed by atoms with E-state index in [0.29, 0.717) is 12.3 Å². The zero-order chi connectivity index (χ0) is 24.9. The number of nitrogens with zero attached hydrogens (tertiary/aromatic N) is 1. The molecule has 1 atom stereocenters. The van der Waals surface area contributed by atoms with Gasteiger partial charge < -0.3 is 10.1 Å². The van der Waals surface area contributed by atoms with Crippen LogP contribution in [0.2, 0.25) is 0 Å². The molecule has 0 bridgehead atoms. The van der Waals surface area contributed by atoms with Gasteiger partial charge in [0, 0.05) is 18.3 Å². The van der Waals surface area contributed by atoms with Gasteiger partial charge in [0.25, 0.3) is 0 Å². The highest BCUT2D eigenvalue weighted by molar-refractivity contribution is 5.83. The average molecular weight is 491 g/mol. The molecule has 1 N–H and O–H groups in total. The molecular weight excluding hydrogens is 461 g/mol. The third-order valence-corrected chi connectivity index (χ3v) is 6.97. The molecule has 0 saturated carbocycles. The second kappa shape index (κ2) is 11.0. The lowest BCUT2D eigenvalue weighted by Gasteiger charge is -2.37. The number of anilines is 1. The highest BCUT2D eigenvalue weighted by Gasteiger charge is 2.28. The van der Waals surface area contributed by atoms with Gasteiger partial charge in [-0.1, -0.05) is 42.5 Å². The molecule has 1 saturated heterocycles. The first-order valence-electron chi connectivity index (χ1n) is 12.4. The molecule has 0 spiro atoms. The Morgan fingerprint density at radius 2 is 1.56 bits per heavy atom. The monoisotopic (exact) mass is 490 g/mol. The second-order valence-corrected chi connectivity index (χ2v) is 9.34. The van der Waals surface area contributed by atoms with Crippen molar-refractivity contribution in [1.82, 2.24) is 4.90 Å². The molecule has 1 heterocycles. The van der Waals surface area contributed by atoms with Gasteiger partial charge in [-0.15, -0.1) is 0 Å². The van der Waals surface area contributed by atoms with Crippen molar-refractivity contribution >= 4 is 16.5 Å². The van der Waals surface area contributed by atoms with Crippen LogP contribution in [-0.2, 0) is 0 Å². The zero-order valence-electron chi connectivity index (χ0n) is 20.0. The summed E-state index contributed by atoms with van der Waals surface area (Å²) in [5.74, 6) is -0.930. The first kappa shape index (κ1) is 24.2. The van der Waals surface area contributed by atoms with Crippen LogP contribution in [0.15, 0.2) is 84.9 Å². The van der Waals surface area contributed by atoms with Crippen molar-refractivity contribution < 1.29 is 17.9 Å². The van der Waals surface area contributed by atoms with Crippen molar-refractivity contribution in [3.05, 3.63) is 108 Å². The number of likely N-dealkylation sites (tertiary alicyclic amines) is 1. The van der Waals surface area contributed by atoms with Gasteiger partial charge >= 0.3 is 0 Å². The molecule has 5 rings (SSSR count).